The molecule has 33 heavy (non-hydrogen) atoms. The molecule has 0 amide bonds. The highest BCUT2D eigenvalue weighted by Gasteiger charge is 2.34. The van der Waals surface area contributed by atoms with Crippen LogP contribution in [0.3, 0.4) is 0 Å². The molecule has 0 bridgehead atoms. The molecule has 0 saturated carbocycles. The summed E-state index contributed by atoms with van der Waals surface area (Å²) in [6, 6.07) is 11.7. The molecule has 176 valence electrons. The van der Waals surface area contributed by atoms with Crippen LogP contribution in [0.5, 0.6) is 0 Å². The first-order chi connectivity index (χ1) is 15.2. The van der Waals surface area contributed by atoms with Crippen molar-refractivity contribution in [3.8, 4) is 0 Å². The molecule has 3 aromatic rings. The van der Waals surface area contributed by atoms with Crippen molar-refractivity contribution < 1.29 is 30.0 Å². The number of nitrogens with zero attached hydrogens (tertiary/aromatic N) is 1. The molecular weight excluding hydrogens is 512 g/mol. The third-order valence-corrected chi connectivity index (χ3v) is 9.39. The lowest BCUT2D eigenvalue weighted by Gasteiger charge is -2.14. The van der Waals surface area contributed by atoms with Crippen LogP contribution in [0.1, 0.15) is 18.5 Å². The zero-order valence-electron chi connectivity index (χ0n) is 17.3. The molecule has 0 unspecified atom stereocenters. The molecule has 0 spiro atoms. The van der Waals surface area contributed by atoms with Crippen LogP contribution in [0, 0.1) is 5.21 Å². The first kappa shape index (κ1) is 25.1. The van der Waals surface area contributed by atoms with Crippen molar-refractivity contribution in [1.82, 2.24) is 4.72 Å². The maximum absolute atomic E-state index is 13.3. The van der Waals surface area contributed by atoms with E-state index in [0.29, 0.717) is 5.56 Å². The van der Waals surface area contributed by atoms with Crippen molar-refractivity contribution in [2.75, 3.05) is 6.26 Å². The standard InChI is InChI=1S/C20H19ClN2O7S3/c1-14(22-31(2,25)26)15-6-9-17(10-7-15)32(27,28)18-11-8-16(21)13-19(18)33(29,30)20-5-3-4-12-23(20)24/h3-14,22H,1-2H3/t14-/m0/s1. The van der Waals surface area contributed by atoms with Crippen LogP contribution in [0.4, 0.5) is 0 Å². The number of benzene rings is 2. The fourth-order valence-electron chi connectivity index (χ4n) is 3.10. The lowest BCUT2D eigenvalue weighted by molar-refractivity contribution is -0.646. The summed E-state index contributed by atoms with van der Waals surface area (Å²) in [5.74, 6) is 0. The van der Waals surface area contributed by atoms with Crippen molar-refractivity contribution in [3.05, 3.63) is 82.7 Å². The van der Waals surface area contributed by atoms with Crippen molar-refractivity contribution >= 4 is 41.3 Å². The molecule has 3 rings (SSSR count). The molecule has 9 nitrogen and oxygen atoms in total. The number of nitrogens with one attached hydrogen (secondary N) is 1. The molecule has 1 N–H and O–H groups in total. The van der Waals surface area contributed by atoms with Gasteiger partial charge in [0.1, 0.15) is 0 Å². The average Bonchev–Trinajstić information content (AvgIpc) is 2.72. The number of hydrogen-bond donors (Lipinski definition) is 1. The summed E-state index contributed by atoms with van der Waals surface area (Å²) in [6.45, 7) is 1.59. The number of sulfone groups is 2. The van der Waals surface area contributed by atoms with E-state index in [1.165, 1.54) is 42.5 Å². The van der Waals surface area contributed by atoms with Gasteiger partial charge in [-0.2, -0.15) is 4.73 Å². The third-order valence-electron chi connectivity index (χ3n) is 4.63. The van der Waals surface area contributed by atoms with Crippen molar-refractivity contribution in [2.45, 2.75) is 32.7 Å². The SMILES string of the molecule is C[C@H](NS(C)(=O)=O)c1ccc(S(=O)(=O)c2ccc(Cl)cc2S(=O)(=O)c2cccc[n+]2[O-])cc1. The fourth-order valence-corrected chi connectivity index (χ4v) is 7.49. The minimum absolute atomic E-state index is 0.0306. The second-order valence-corrected chi connectivity index (χ2v) is 13.1. The Kier molecular flexibility index (Phi) is 6.87. The molecule has 0 aliphatic heterocycles. The Bertz CT molecular complexity index is 1520. The summed E-state index contributed by atoms with van der Waals surface area (Å²) in [4.78, 5) is -1.41. The van der Waals surface area contributed by atoms with Crippen LogP contribution in [0.15, 0.2) is 86.6 Å². The van der Waals surface area contributed by atoms with Gasteiger partial charge in [-0.3, -0.25) is 0 Å². The Morgan fingerprint density at radius 2 is 1.52 bits per heavy atom. The number of sulfonamides is 1. The van der Waals surface area contributed by atoms with E-state index in [-0.39, 0.29) is 14.6 Å². The van der Waals surface area contributed by atoms with Gasteiger partial charge in [0.25, 0.3) is 9.84 Å². The maximum Gasteiger partial charge on any atom is 0.313 e. The van der Waals surface area contributed by atoms with E-state index in [2.05, 4.69) is 4.72 Å². The predicted molar refractivity (Wildman–Crippen MR) is 121 cm³/mol. The largest absolute Gasteiger partial charge is 0.618 e. The monoisotopic (exact) mass is 530 g/mol. The summed E-state index contributed by atoms with van der Waals surface area (Å²) in [5.41, 5.74) is 0.500. The topological polar surface area (TPSA) is 141 Å². The number of halogens is 1. The van der Waals surface area contributed by atoms with Gasteiger partial charge in [0.15, 0.2) is 6.20 Å². The molecule has 0 aliphatic rings. The lowest BCUT2D eigenvalue weighted by atomic mass is 10.1. The molecule has 1 aromatic heterocycles. The first-order valence-electron chi connectivity index (χ1n) is 9.29. The average molecular weight is 531 g/mol. The van der Waals surface area contributed by atoms with Gasteiger partial charge in [0.2, 0.25) is 19.9 Å². The van der Waals surface area contributed by atoms with Crippen LogP contribution < -0.4 is 9.45 Å². The van der Waals surface area contributed by atoms with E-state index in [9.17, 15) is 30.5 Å². The Morgan fingerprint density at radius 3 is 2.09 bits per heavy atom. The lowest BCUT2D eigenvalue weighted by Crippen LogP contribution is -2.33. The quantitative estimate of drug-likeness (QED) is 0.364. The number of rotatable bonds is 7. The second kappa shape index (κ2) is 9.03. The second-order valence-electron chi connectivity index (χ2n) is 7.14. The van der Waals surface area contributed by atoms with Crippen molar-refractivity contribution in [2.24, 2.45) is 0 Å². The number of pyridine rings is 1. The smallest absolute Gasteiger partial charge is 0.313 e. The molecular formula is C20H19ClN2O7S3. The Labute approximate surface area is 197 Å². The summed E-state index contributed by atoms with van der Waals surface area (Å²) < 4.78 is 78.4. The Morgan fingerprint density at radius 1 is 0.879 bits per heavy atom. The maximum atomic E-state index is 13.3. The van der Waals surface area contributed by atoms with Gasteiger partial charge >= 0.3 is 5.03 Å². The summed E-state index contributed by atoms with van der Waals surface area (Å²) in [5, 5.41) is 11.4. The molecule has 0 radical (unpaired) electrons. The number of aromatic nitrogens is 1. The van der Waals surface area contributed by atoms with Gasteiger partial charge in [-0.25, -0.2) is 30.0 Å². The zero-order chi connectivity index (χ0) is 24.6. The van der Waals surface area contributed by atoms with Gasteiger partial charge < -0.3 is 5.21 Å². The normalized spacial score (nSPS) is 13.5. The van der Waals surface area contributed by atoms with Crippen molar-refractivity contribution in [1.29, 1.82) is 0 Å². The van der Waals surface area contributed by atoms with Gasteiger partial charge in [0.05, 0.1) is 20.9 Å². The third kappa shape index (κ3) is 5.36. The highest BCUT2D eigenvalue weighted by Crippen LogP contribution is 2.32. The van der Waals surface area contributed by atoms with Crippen LogP contribution in [-0.4, -0.2) is 31.5 Å². The molecule has 1 atom stereocenters. The van der Waals surface area contributed by atoms with E-state index >= 15 is 0 Å². The zero-order valence-corrected chi connectivity index (χ0v) is 20.5. The fraction of sp³-hybridized carbons (Fsp3) is 0.150. The first-order valence-corrected chi connectivity index (χ1v) is 14.5. The van der Waals surface area contributed by atoms with Crippen LogP contribution in [-0.2, 0) is 29.7 Å². The van der Waals surface area contributed by atoms with Crippen LogP contribution >= 0.6 is 11.6 Å². The Hall–Kier alpha value is -2.51. The van der Waals surface area contributed by atoms with Crippen molar-refractivity contribution in [3.63, 3.8) is 0 Å². The molecule has 0 aliphatic carbocycles. The molecule has 13 heteroatoms. The van der Waals surface area contributed by atoms with Gasteiger partial charge in [0, 0.05) is 23.2 Å². The van der Waals surface area contributed by atoms with Crippen LogP contribution in [0.2, 0.25) is 5.02 Å². The van der Waals surface area contributed by atoms with Gasteiger partial charge in [-0.05, 0) is 48.9 Å². The summed E-state index contributed by atoms with van der Waals surface area (Å²) in [7, 11) is -12.4. The predicted octanol–water partition coefficient (Wildman–Crippen LogP) is 2.25. The van der Waals surface area contributed by atoms with Crippen LogP contribution in [0.25, 0.3) is 0 Å². The highest BCUT2D eigenvalue weighted by molar-refractivity contribution is 7.94. The molecule has 1 heterocycles. The van der Waals surface area contributed by atoms with E-state index in [0.717, 1.165) is 30.7 Å². The number of hydrogen-bond acceptors (Lipinski definition) is 7. The van der Waals surface area contributed by atoms with Gasteiger partial charge in [-0.1, -0.05) is 23.7 Å². The van der Waals surface area contributed by atoms with E-state index < -0.39 is 50.6 Å². The Balaban J connectivity index is 2.11. The van der Waals surface area contributed by atoms with Gasteiger partial charge in [-0.15, -0.1) is 0 Å². The minimum atomic E-state index is -4.55. The minimum Gasteiger partial charge on any atom is -0.618 e. The molecule has 2 aromatic carbocycles. The summed E-state index contributed by atoms with van der Waals surface area (Å²) in [6.07, 6.45) is 1.99. The molecule has 0 saturated heterocycles. The van der Waals surface area contributed by atoms with E-state index in [1.807, 2.05) is 0 Å². The highest BCUT2D eigenvalue weighted by atomic mass is 35.5. The van der Waals surface area contributed by atoms with E-state index in [1.54, 1.807) is 6.92 Å². The molecule has 0 fully saturated rings. The summed E-state index contributed by atoms with van der Waals surface area (Å²) >= 11 is 5.95. The van der Waals surface area contributed by atoms with E-state index in [4.69, 9.17) is 11.6 Å².